The van der Waals surface area contributed by atoms with Crippen LogP contribution in [0.4, 0.5) is 10.5 Å². The molecule has 0 saturated carbocycles. The third kappa shape index (κ3) is 3.96. The van der Waals surface area contributed by atoms with Gasteiger partial charge in [-0.2, -0.15) is 0 Å². The lowest BCUT2D eigenvalue weighted by molar-refractivity contribution is -0.125. The number of rotatable bonds is 4. The molecule has 1 saturated heterocycles. The number of benzene rings is 2. The van der Waals surface area contributed by atoms with Gasteiger partial charge in [-0.05, 0) is 64.6 Å². The highest BCUT2D eigenvalue weighted by Crippen LogP contribution is 2.22. The zero-order chi connectivity index (χ0) is 17.1. The number of hydrogen-bond donors (Lipinski definition) is 1. The number of carbonyl (C=O) groups excluding carboxylic acids is 3. The Morgan fingerprint density at radius 3 is 2.33 bits per heavy atom. The molecule has 0 aliphatic carbocycles. The second-order valence-electron chi connectivity index (χ2n) is 5.19. The molecule has 2 aromatic carbocycles. The smallest absolute Gasteiger partial charge is 0.289 e. The molecule has 1 heterocycles. The first-order chi connectivity index (χ1) is 11.5. The van der Waals surface area contributed by atoms with Crippen LogP contribution in [0.15, 0.2) is 48.5 Å². The average molecular weight is 452 g/mol. The number of nitrogens with one attached hydrogen (secondary N) is 1. The monoisotopic (exact) mass is 452 g/mol. The van der Waals surface area contributed by atoms with Gasteiger partial charge >= 0.3 is 0 Å². The topological polar surface area (TPSA) is 66.5 Å². The van der Waals surface area contributed by atoms with Gasteiger partial charge in [0.2, 0.25) is 5.91 Å². The van der Waals surface area contributed by atoms with Crippen LogP contribution in [0, 0.1) is 3.57 Å². The number of nitrogens with zero attached hydrogens (tertiary/aromatic N) is 1. The van der Waals surface area contributed by atoms with E-state index in [1.165, 1.54) is 4.90 Å². The highest BCUT2D eigenvalue weighted by Gasteiger charge is 2.29. The molecule has 0 bridgehead atoms. The van der Waals surface area contributed by atoms with E-state index in [2.05, 4.69) is 27.9 Å². The first kappa shape index (κ1) is 17.0. The van der Waals surface area contributed by atoms with Crippen molar-refractivity contribution in [2.75, 3.05) is 11.1 Å². The van der Waals surface area contributed by atoms with E-state index in [1.54, 1.807) is 36.4 Å². The first-order valence-corrected chi connectivity index (χ1v) is 9.22. The molecule has 0 radical (unpaired) electrons. The van der Waals surface area contributed by atoms with Crippen LogP contribution in [0.3, 0.4) is 0 Å². The predicted molar refractivity (Wildman–Crippen MR) is 102 cm³/mol. The van der Waals surface area contributed by atoms with Crippen LogP contribution in [-0.4, -0.2) is 27.7 Å². The number of thioether (sulfide) groups is 1. The third-order valence-corrected chi connectivity index (χ3v) is 5.08. The van der Waals surface area contributed by atoms with Crippen LogP contribution in [0.1, 0.15) is 15.9 Å². The second kappa shape index (κ2) is 7.35. The van der Waals surface area contributed by atoms with E-state index in [0.29, 0.717) is 11.3 Å². The predicted octanol–water partition coefficient (Wildman–Crippen LogP) is 3.74. The van der Waals surface area contributed by atoms with Crippen molar-refractivity contribution in [3.8, 4) is 0 Å². The molecule has 0 atom stereocenters. The van der Waals surface area contributed by atoms with Crippen LogP contribution in [0.5, 0.6) is 0 Å². The molecule has 2 aromatic rings. The molecule has 1 aliphatic heterocycles. The van der Waals surface area contributed by atoms with Crippen molar-refractivity contribution >= 4 is 57.1 Å². The number of imide groups is 1. The number of anilines is 1. The summed E-state index contributed by atoms with van der Waals surface area (Å²) in [7, 11) is 0. The Morgan fingerprint density at radius 2 is 1.75 bits per heavy atom. The van der Waals surface area contributed by atoms with E-state index in [-0.39, 0.29) is 29.4 Å². The van der Waals surface area contributed by atoms with Crippen LogP contribution >= 0.6 is 34.4 Å². The standard InChI is InChI=1S/C17H13IN2O3S/c18-13-5-3-12(4-6-13)16(22)19-14-7-1-11(2-8-14)9-20-15(21)10-24-17(20)23/h1-8H,9-10H2,(H,19,22). The van der Waals surface area contributed by atoms with E-state index in [4.69, 9.17) is 0 Å². The van der Waals surface area contributed by atoms with E-state index < -0.39 is 0 Å². The van der Waals surface area contributed by atoms with Crippen molar-refractivity contribution in [2.45, 2.75) is 6.54 Å². The zero-order valence-corrected chi connectivity index (χ0v) is 15.5. The molecule has 0 unspecified atom stereocenters. The molecule has 0 aromatic heterocycles. The number of halogens is 1. The van der Waals surface area contributed by atoms with Gasteiger partial charge in [0.05, 0.1) is 12.3 Å². The zero-order valence-electron chi connectivity index (χ0n) is 12.5. The Hall–Kier alpha value is -1.87. The van der Waals surface area contributed by atoms with Gasteiger partial charge in [-0.25, -0.2) is 0 Å². The van der Waals surface area contributed by atoms with Gasteiger partial charge in [0.25, 0.3) is 11.1 Å². The molecular weight excluding hydrogens is 439 g/mol. The highest BCUT2D eigenvalue weighted by molar-refractivity contribution is 14.1. The van der Waals surface area contributed by atoms with Crippen molar-refractivity contribution in [3.63, 3.8) is 0 Å². The summed E-state index contributed by atoms with van der Waals surface area (Å²) in [5.41, 5.74) is 2.09. The number of amides is 3. The maximum Gasteiger partial charge on any atom is 0.289 e. The fraction of sp³-hybridized carbons (Fsp3) is 0.118. The molecule has 1 fully saturated rings. The van der Waals surface area contributed by atoms with E-state index >= 15 is 0 Å². The summed E-state index contributed by atoms with van der Waals surface area (Å²) in [5.74, 6) is -0.135. The minimum Gasteiger partial charge on any atom is -0.322 e. The maximum atomic E-state index is 12.2. The lowest BCUT2D eigenvalue weighted by atomic mass is 10.1. The molecule has 0 spiro atoms. The number of hydrogen-bond acceptors (Lipinski definition) is 4. The van der Waals surface area contributed by atoms with Gasteiger partial charge in [-0.15, -0.1) is 0 Å². The van der Waals surface area contributed by atoms with Crippen molar-refractivity contribution in [1.29, 1.82) is 0 Å². The highest BCUT2D eigenvalue weighted by atomic mass is 127. The Morgan fingerprint density at radius 1 is 1.08 bits per heavy atom. The first-order valence-electron chi connectivity index (χ1n) is 7.16. The normalized spacial score (nSPS) is 14.1. The molecule has 7 heteroatoms. The Bertz CT molecular complexity index is 774. The third-order valence-electron chi connectivity index (χ3n) is 3.50. The average Bonchev–Trinajstić information content (AvgIpc) is 2.89. The largest absolute Gasteiger partial charge is 0.322 e. The molecule has 5 nitrogen and oxygen atoms in total. The fourth-order valence-corrected chi connectivity index (χ4v) is 3.30. The summed E-state index contributed by atoms with van der Waals surface area (Å²) >= 11 is 3.21. The Balaban J connectivity index is 1.64. The van der Waals surface area contributed by atoms with E-state index in [0.717, 1.165) is 20.9 Å². The second-order valence-corrected chi connectivity index (χ2v) is 7.36. The van der Waals surface area contributed by atoms with Gasteiger partial charge in [0.1, 0.15) is 0 Å². The van der Waals surface area contributed by atoms with Crippen LogP contribution in [-0.2, 0) is 11.3 Å². The quantitative estimate of drug-likeness (QED) is 0.719. The minimum absolute atomic E-state index is 0.166. The molecule has 3 rings (SSSR count). The molecule has 1 N–H and O–H groups in total. The summed E-state index contributed by atoms with van der Waals surface area (Å²) in [4.78, 5) is 36.6. The SMILES string of the molecule is O=C(Nc1ccc(CN2C(=O)CSC2=O)cc1)c1ccc(I)cc1. The van der Waals surface area contributed by atoms with Crippen molar-refractivity contribution < 1.29 is 14.4 Å². The molecule has 3 amide bonds. The van der Waals surface area contributed by atoms with Gasteiger partial charge < -0.3 is 5.32 Å². The van der Waals surface area contributed by atoms with Crippen molar-refractivity contribution in [3.05, 3.63) is 63.2 Å². The molecule has 122 valence electrons. The fourth-order valence-electron chi connectivity index (χ4n) is 2.21. The minimum atomic E-state index is -0.212. The van der Waals surface area contributed by atoms with Crippen LogP contribution in [0.2, 0.25) is 0 Å². The summed E-state index contributed by atoms with van der Waals surface area (Å²) in [6, 6.07) is 14.4. The lowest BCUT2D eigenvalue weighted by Gasteiger charge is -2.13. The maximum absolute atomic E-state index is 12.2. The molecule has 24 heavy (non-hydrogen) atoms. The van der Waals surface area contributed by atoms with Gasteiger partial charge in [-0.3, -0.25) is 19.3 Å². The lowest BCUT2D eigenvalue weighted by Crippen LogP contribution is -2.27. The summed E-state index contributed by atoms with van der Waals surface area (Å²) in [6.45, 7) is 0.260. The summed E-state index contributed by atoms with van der Waals surface area (Å²) in [5, 5.41) is 2.61. The van der Waals surface area contributed by atoms with Crippen LogP contribution < -0.4 is 5.32 Å². The van der Waals surface area contributed by atoms with E-state index in [9.17, 15) is 14.4 Å². The molecule has 1 aliphatic rings. The Labute approximate surface area is 156 Å². The Kier molecular flexibility index (Phi) is 5.20. The van der Waals surface area contributed by atoms with E-state index in [1.807, 2.05) is 12.1 Å². The molecular formula is C17H13IN2O3S. The van der Waals surface area contributed by atoms with Crippen molar-refractivity contribution in [2.24, 2.45) is 0 Å². The summed E-state index contributed by atoms with van der Waals surface area (Å²) in [6.07, 6.45) is 0. The summed E-state index contributed by atoms with van der Waals surface area (Å²) < 4.78 is 1.07. The van der Waals surface area contributed by atoms with Crippen molar-refractivity contribution in [1.82, 2.24) is 4.90 Å². The van der Waals surface area contributed by atoms with Gasteiger partial charge in [0, 0.05) is 14.8 Å². The van der Waals surface area contributed by atoms with Crippen LogP contribution in [0.25, 0.3) is 0 Å². The number of carbonyl (C=O) groups is 3. The van der Waals surface area contributed by atoms with Gasteiger partial charge in [-0.1, -0.05) is 23.9 Å². The van der Waals surface area contributed by atoms with Gasteiger partial charge in [0.15, 0.2) is 0 Å².